The summed E-state index contributed by atoms with van der Waals surface area (Å²) in [5.41, 5.74) is 6.26. The molecule has 1 fully saturated rings. The maximum Gasteiger partial charge on any atom is 0.182 e. The van der Waals surface area contributed by atoms with Crippen molar-refractivity contribution in [2.24, 2.45) is 11.1 Å². The largest absolute Gasteiger partial charge is 0.381 e. The highest BCUT2D eigenvalue weighted by atomic mass is 35.5. The van der Waals surface area contributed by atoms with E-state index in [9.17, 15) is 8.42 Å². The van der Waals surface area contributed by atoms with Gasteiger partial charge in [-0.2, -0.15) is 0 Å². The fraction of sp³-hybridized carbons (Fsp3) is 0.368. The number of nitrogens with two attached hydrogens (primary N) is 1. The third-order valence-electron chi connectivity index (χ3n) is 5.02. The molecule has 140 valence electrons. The zero-order valence-corrected chi connectivity index (χ0v) is 16.7. The van der Waals surface area contributed by atoms with Gasteiger partial charge in [0.25, 0.3) is 0 Å². The Labute approximate surface area is 164 Å². The Kier molecular flexibility index (Phi) is 5.66. The molecule has 4 nitrogen and oxygen atoms in total. The number of halogens is 2. The average Bonchev–Trinajstić information content (AvgIpc) is 3.31. The van der Waals surface area contributed by atoms with Gasteiger partial charge in [0.1, 0.15) is 0 Å². The molecule has 1 aliphatic carbocycles. The van der Waals surface area contributed by atoms with Crippen LogP contribution in [0.2, 0.25) is 10.0 Å². The quantitative estimate of drug-likeness (QED) is 0.746. The molecule has 0 spiro atoms. The Hall–Kier alpha value is -1.11. The van der Waals surface area contributed by atoms with E-state index in [2.05, 4.69) is 0 Å². The van der Waals surface area contributed by atoms with E-state index >= 15 is 0 Å². The van der Waals surface area contributed by atoms with Crippen molar-refractivity contribution in [3.05, 3.63) is 64.1 Å². The lowest BCUT2D eigenvalue weighted by Gasteiger charge is -2.16. The van der Waals surface area contributed by atoms with Crippen LogP contribution in [0.5, 0.6) is 0 Å². The van der Waals surface area contributed by atoms with Crippen molar-refractivity contribution in [3.8, 4) is 0 Å². The molecule has 2 N–H and O–H groups in total. The van der Waals surface area contributed by atoms with Crippen LogP contribution in [-0.2, 0) is 14.6 Å². The van der Waals surface area contributed by atoms with Gasteiger partial charge in [0.05, 0.1) is 16.8 Å². The van der Waals surface area contributed by atoms with E-state index in [0.29, 0.717) is 16.7 Å². The SMILES string of the molecule is CCOC[C@]1(CN)[C@H](c2cccc(Cl)c2)[C@H]1S(=O)(=O)c1ccc(Cl)cc1. The second-order valence-electron chi connectivity index (χ2n) is 6.53. The first kappa shape index (κ1) is 19.6. The molecule has 1 saturated carbocycles. The molecular weight excluding hydrogens is 393 g/mol. The fourth-order valence-electron chi connectivity index (χ4n) is 3.69. The molecule has 1 aliphatic rings. The Morgan fingerprint density at radius 1 is 1.12 bits per heavy atom. The van der Waals surface area contributed by atoms with Crippen LogP contribution in [0.3, 0.4) is 0 Å². The molecule has 3 atom stereocenters. The highest BCUT2D eigenvalue weighted by molar-refractivity contribution is 7.92. The summed E-state index contributed by atoms with van der Waals surface area (Å²) >= 11 is 12.0. The minimum Gasteiger partial charge on any atom is -0.381 e. The van der Waals surface area contributed by atoms with Crippen LogP contribution in [0, 0.1) is 5.41 Å². The smallest absolute Gasteiger partial charge is 0.182 e. The van der Waals surface area contributed by atoms with Crippen LogP contribution in [0.15, 0.2) is 53.4 Å². The van der Waals surface area contributed by atoms with Crippen LogP contribution in [0.4, 0.5) is 0 Å². The van der Waals surface area contributed by atoms with Crippen molar-refractivity contribution in [3.63, 3.8) is 0 Å². The van der Waals surface area contributed by atoms with Crippen LogP contribution < -0.4 is 5.73 Å². The number of hydrogen-bond donors (Lipinski definition) is 1. The van der Waals surface area contributed by atoms with Gasteiger partial charge in [0.15, 0.2) is 9.84 Å². The van der Waals surface area contributed by atoms with Gasteiger partial charge in [0.2, 0.25) is 0 Å². The van der Waals surface area contributed by atoms with Gasteiger partial charge in [-0.05, 0) is 48.9 Å². The Balaban J connectivity index is 2.05. The molecule has 3 rings (SSSR count). The van der Waals surface area contributed by atoms with E-state index in [1.807, 2.05) is 19.1 Å². The van der Waals surface area contributed by atoms with E-state index in [1.165, 1.54) is 12.1 Å². The zero-order chi connectivity index (χ0) is 18.9. The monoisotopic (exact) mass is 413 g/mol. The first-order valence-corrected chi connectivity index (χ1v) is 10.7. The normalized spacial score (nSPS) is 25.2. The van der Waals surface area contributed by atoms with Crippen molar-refractivity contribution in [2.45, 2.75) is 23.0 Å². The summed E-state index contributed by atoms with van der Waals surface area (Å²) < 4.78 is 32.3. The molecule has 0 unspecified atom stereocenters. The minimum absolute atomic E-state index is 0.210. The molecule has 0 bridgehead atoms. The van der Waals surface area contributed by atoms with E-state index in [4.69, 9.17) is 33.7 Å². The Morgan fingerprint density at radius 3 is 2.38 bits per heavy atom. The van der Waals surface area contributed by atoms with Crippen molar-refractivity contribution >= 4 is 33.0 Å². The van der Waals surface area contributed by atoms with Crippen molar-refractivity contribution < 1.29 is 13.2 Å². The average molecular weight is 414 g/mol. The van der Waals surface area contributed by atoms with Crippen LogP contribution >= 0.6 is 23.2 Å². The number of benzene rings is 2. The van der Waals surface area contributed by atoms with Gasteiger partial charge in [-0.25, -0.2) is 8.42 Å². The van der Waals surface area contributed by atoms with E-state index in [1.54, 1.807) is 24.3 Å². The van der Waals surface area contributed by atoms with Gasteiger partial charge >= 0.3 is 0 Å². The predicted molar refractivity (Wildman–Crippen MR) is 105 cm³/mol. The third-order valence-corrected chi connectivity index (χ3v) is 7.85. The first-order chi connectivity index (χ1) is 12.4. The number of ether oxygens (including phenoxy) is 1. The highest BCUT2D eigenvalue weighted by Crippen LogP contribution is 2.63. The summed E-state index contributed by atoms with van der Waals surface area (Å²) in [5.74, 6) is -0.265. The van der Waals surface area contributed by atoms with Gasteiger partial charge in [-0.15, -0.1) is 0 Å². The van der Waals surface area contributed by atoms with Gasteiger partial charge in [-0.3, -0.25) is 0 Å². The number of hydrogen-bond acceptors (Lipinski definition) is 4. The molecule has 2 aromatic carbocycles. The maximum atomic E-state index is 13.3. The van der Waals surface area contributed by atoms with Crippen LogP contribution in [0.1, 0.15) is 18.4 Å². The second kappa shape index (κ2) is 7.49. The Morgan fingerprint density at radius 2 is 1.81 bits per heavy atom. The van der Waals surface area contributed by atoms with Crippen molar-refractivity contribution in [1.82, 2.24) is 0 Å². The Bertz CT molecular complexity index is 886. The van der Waals surface area contributed by atoms with Gasteiger partial charge in [0, 0.05) is 34.5 Å². The first-order valence-electron chi connectivity index (χ1n) is 8.39. The van der Waals surface area contributed by atoms with Crippen molar-refractivity contribution in [1.29, 1.82) is 0 Å². The topological polar surface area (TPSA) is 69.4 Å². The van der Waals surface area contributed by atoms with E-state index in [0.717, 1.165) is 5.56 Å². The lowest BCUT2D eigenvalue weighted by molar-refractivity contribution is 0.101. The van der Waals surface area contributed by atoms with E-state index in [-0.39, 0.29) is 24.0 Å². The molecule has 0 radical (unpaired) electrons. The standard InChI is InChI=1S/C19H21Cl2NO3S/c1-2-25-12-19(11-22)17(13-4-3-5-15(21)10-13)18(19)26(23,24)16-8-6-14(20)7-9-16/h3-10,17-18H,2,11-12,22H2,1H3/t17-,18-,19-/m1/s1. The summed E-state index contributed by atoms with van der Waals surface area (Å²) in [5, 5.41) is 0.399. The second-order valence-corrected chi connectivity index (χ2v) is 9.47. The molecule has 0 saturated heterocycles. The maximum absolute atomic E-state index is 13.3. The molecule has 0 aromatic heterocycles. The molecule has 2 aromatic rings. The summed E-state index contributed by atoms with van der Waals surface area (Å²) in [6, 6.07) is 13.5. The lowest BCUT2D eigenvalue weighted by Crippen LogP contribution is -2.29. The molecular formula is C19H21Cl2NO3S. The number of rotatable bonds is 7. The van der Waals surface area contributed by atoms with Crippen molar-refractivity contribution in [2.75, 3.05) is 19.8 Å². The van der Waals surface area contributed by atoms with Gasteiger partial charge in [-0.1, -0.05) is 35.3 Å². The van der Waals surface area contributed by atoms with Crippen LogP contribution in [0.25, 0.3) is 0 Å². The molecule has 0 heterocycles. The molecule has 26 heavy (non-hydrogen) atoms. The third kappa shape index (κ3) is 3.39. The molecule has 7 heteroatoms. The summed E-state index contributed by atoms with van der Waals surface area (Å²) in [6.07, 6.45) is 0. The van der Waals surface area contributed by atoms with Gasteiger partial charge < -0.3 is 10.5 Å². The molecule has 0 amide bonds. The minimum atomic E-state index is -3.60. The highest BCUT2D eigenvalue weighted by Gasteiger charge is 2.70. The van der Waals surface area contributed by atoms with E-state index < -0.39 is 20.5 Å². The molecule has 0 aliphatic heterocycles. The van der Waals surface area contributed by atoms with Crippen LogP contribution in [-0.4, -0.2) is 33.4 Å². The number of sulfone groups is 1. The fourth-order valence-corrected chi connectivity index (χ4v) is 6.46. The summed E-state index contributed by atoms with van der Waals surface area (Å²) in [6.45, 7) is 2.87. The summed E-state index contributed by atoms with van der Waals surface area (Å²) in [4.78, 5) is 0.241. The predicted octanol–water partition coefficient (Wildman–Crippen LogP) is 3.91. The zero-order valence-electron chi connectivity index (χ0n) is 14.4. The summed E-state index contributed by atoms with van der Waals surface area (Å²) in [7, 11) is -3.60. The lowest BCUT2D eigenvalue weighted by atomic mass is 10.00.